The van der Waals surface area contributed by atoms with Crippen LogP contribution in [0.3, 0.4) is 0 Å². The summed E-state index contributed by atoms with van der Waals surface area (Å²) in [6, 6.07) is 2.49. The minimum absolute atomic E-state index is 0.0622. The highest BCUT2D eigenvalue weighted by Crippen LogP contribution is 2.36. The molecule has 0 radical (unpaired) electrons. The molecule has 1 aliphatic heterocycles. The number of amides is 1. The number of aromatic nitrogens is 2. The highest BCUT2D eigenvalue weighted by Gasteiger charge is 2.39. The van der Waals surface area contributed by atoms with Gasteiger partial charge in [-0.1, -0.05) is 0 Å². The van der Waals surface area contributed by atoms with Gasteiger partial charge in [0.2, 0.25) is 0 Å². The number of nitrogens with zero attached hydrogens (tertiary/aromatic N) is 4. The normalized spacial score (nSPS) is 17.0. The van der Waals surface area contributed by atoms with Crippen molar-refractivity contribution in [2.24, 2.45) is 7.05 Å². The van der Waals surface area contributed by atoms with Crippen molar-refractivity contribution in [1.82, 2.24) is 14.7 Å². The summed E-state index contributed by atoms with van der Waals surface area (Å²) >= 11 is 0. The first-order valence-corrected chi connectivity index (χ1v) is 6.18. The molecular weight excluding hydrogens is 278 g/mol. The van der Waals surface area contributed by atoms with E-state index in [2.05, 4.69) is 5.10 Å². The summed E-state index contributed by atoms with van der Waals surface area (Å²) in [6.07, 6.45) is 3.25. The average Bonchev–Trinajstić information content (AvgIpc) is 2.94. The van der Waals surface area contributed by atoms with Crippen LogP contribution < -0.4 is 0 Å². The van der Waals surface area contributed by atoms with Gasteiger partial charge in [0.25, 0.3) is 5.91 Å². The van der Waals surface area contributed by atoms with Crippen LogP contribution in [0.5, 0.6) is 0 Å². The molecule has 0 N–H and O–H groups in total. The fraction of sp³-hybridized carbons (Fsp3) is 0.214. The summed E-state index contributed by atoms with van der Waals surface area (Å²) < 4.78 is 28.7. The number of halogens is 2. The number of fused-ring (bicyclic) bond motifs is 1. The first-order chi connectivity index (χ1) is 10.0. The quantitative estimate of drug-likeness (QED) is 0.848. The van der Waals surface area contributed by atoms with E-state index in [9.17, 15) is 18.8 Å². The number of hydrogen-bond donors (Lipinski definition) is 0. The third-order valence-electron chi connectivity index (χ3n) is 3.40. The SMILES string of the molecule is Cn1cc(CN2C(=O)c3cc(F)cc(F)c3C2C#N)cn1. The first kappa shape index (κ1) is 13.2. The van der Waals surface area contributed by atoms with Crippen LogP contribution >= 0.6 is 0 Å². The van der Waals surface area contributed by atoms with Crippen molar-refractivity contribution in [2.45, 2.75) is 12.6 Å². The van der Waals surface area contributed by atoms with Crippen molar-refractivity contribution in [2.75, 3.05) is 0 Å². The van der Waals surface area contributed by atoms with Crippen LogP contribution in [0.25, 0.3) is 0 Å². The Hall–Kier alpha value is -2.75. The average molecular weight is 288 g/mol. The molecule has 1 aliphatic rings. The van der Waals surface area contributed by atoms with E-state index in [0.29, 0.717) is 11.6 Å². The van der Waals surface area contributed by atoms with Crippen molar-refractivity contribution in [3.8, 4) is 6.07 Å². The molecule has 1 amide bonds. The fourth-order valence-electron chi connectivity index (χ4n) is 2.51. The molecule has 0 aliphatic carbocycles. The highest BCUT2D eigenvalue weighted by molar-refractivity contribution is 5.99. The summed E-state index contributed by atoms with van der Waals surface area (Å²) in [5, 5.41) is 13.2. The molecule has 1 aromatic heterocycles. The monoisotopic (exact) mass is 288 g/mol. The molecule has 2 aromatic rings. The molecule has 0 saturated carbocycles. The summed E-state index contributed by atoms with van der Waals surface area (Å²) in [6.45, 7) is 0.112. The first-order valence-electron chi connectivity index (χ1n) is 6.18. The van der Waals surface area contributed by atoms with Crippen molar-refractivity contribution < 1.29 is 13.6 Å². The predicted molar refractivity (Wildman–Crippen MR) is 67.8 cm³/mol. The molecule has 1 aromatic carbocycles. The van der Waals surface area contributed by atoms with Gasteiger partial charge in [0.1, 0.15) is 17.7 Å². The van der Waals surface area contributed by atoms with E-state index in [0.717, 1.165) is 6.07 Å². The van der Waals surface area contributed by atoms with Crippen molar-refractivity contribution in [1.29, 1.82) is 5.26 Å². The second-order valence-electron chi connectivity index (χ2n) is 4.84. The molecule has 0 saturated heterocycles. The standard InChI is InChI=1S/C14H10F2N4O/c1-19-6-8(5-18-19)7-20-12(4-17)13-10(14(20)21)2-9(15)3-11(13)16/h2-3,5-6,12H,7H2,1H3. The van der Waals surface area contributed by atoms with E-state index in [4.69, 9.17) is 0 Å². The number of nitriles is 1. The third-order valence-corrected chi connectivity index (χ3v) is 3.40. The number of carbonyl (C=O) groups excluding carboxylic acids is 1. The summed E-state index contributed by atoms with van der Waals surface area (Å²) in [5.74, 6) is -2.27. The molecule has 2 heterocycles. The van der Waals surface area contributed by atoms with Gasteiger partial charge in [-0.2, -0.15) is 10.4 Å². The predicted octanol–water partition coefficient (Wildman–Crippen LogP) is 1.92. The Labute approximate surface area is 119 Å². The second kappa shape index (κ2) is 4.66. The van der Waals surface area contributed by atoms with Crippen LogP contribution in [0.4, 0.5) is 8.78 Å². The fourth-order valence-corrected chi connectivity index (χ4v) is 2.51. The van der Waals surface area contributed by atoms with E-state index in [1.54, 1.807) is 24.1 Å². The largest absolute Gasteiger partial charge is 0.314 e. The Morgan fingerprint density at radius 2 is 2.19 bits per heavy atom. The van der Waals surface area contributed by atoms with Gasteiger partial charge in [0.15, 0.2) is 0 Å². The zero-order valence-corrected chi connectivity index (χ0v) is 11.0. The van der Waals surface area contributed by atoms with E-state index in [1.165, 1.54) is 4.90 Å². The number of benzene rings is 1. The van der Waals surface area contributed by atoms with E-state index < -0.39 is 23.6 Å². The summed E-state index contributed by atoms with van der Waals surface area (Å²) in [4.78, 5) is 13.5. The van der Waals surface area contributed by atoms with Crippen molar-refractivity contribution >= 4 is 5.91 Å². The molecule has 1 atom stereocenters. The topological polar surface area (TPSA) is 61.9 Å². The van der Waals surface area contributed by atoms with E-state index >= 15 is 0 Å². The van der Waals surface area contributed by atoms with Gasteiger partial charge >= 0.3 is 0 Å². The lowest BCUT2D eigenvalue weighted by atomic mass is 10.0. The maximum Gasteiger partial charge on any atom is 0.256 e. The molecule has 0 bridgehead atoms. The van der Waals surface area contributed by atoms with Crippen LogP contribution in [-0.4, -0.2) is 20.6 Å². The summed E-state index contributed by atoms with van der Waals surface area (Å²) in [5.41, 5.74) is 0.551. The van der Waals surface area contributed by atoms with E-state index in [1.807, 2.05) is 6.07 Å². The van der Waals surface area contributed by atoms with Gasteiger partial charge in [0, 0.05) is 30.4 Å². The van der Waals surface area contributed by atoms with Gasteiger partial charge in [-0.15, -0.1) is 0 Å². The molecule has 7 heteroatoms. The number of aryl methyl sites for hydroxylation is 1. The minimum atomic E-state index is -1.06. The van der Waals surface area contributed by atoms with E-state index in [-0.39, 0.29) is 17.7 Å². The van der Waals surface area contributed by atoms with Crippen LogP contribution in [0.2, 0.25) is 0 Å². The maximum atomic E-state index is 13.9. The Morgan fingerprint density at radius 1 is 1.43 bits per heavy atom. The van der Waals surface area contributed by atoms with Gasteiger partial charge in [0.05, 0.1) is 24.4 Å². The zero-order valence-electron chi connectivity index (χ0n) is 11.0. The third kappa shape index (κ3) is 2.05. The molecule has 1 unspecified atom stereocenters. The Bertz CT molecular complexity index is 778. The molecule has 0 fully saturated rings. The van der Waals surface area contributed by atoms with Crippen molar-refractivity contribution in [3.05, 3.63) is 52.9 Å². The highest BCUT2D eigenvalue weighted by atomic mass is 19.1. The van der Waals surface area contributed by atoms with Gasteiger partial charge in [-0.05, 0) is 6.07 Å². The van der Waals surface area contributed by atoms with Crippen LogP contribution in [0, 0.1) is 23.0 Å². The lowest BCUT2D eigenvalue weighted by Gasteiger charge is -2.19. The van der Waals surface area contributed by atoms with Gasteiger partial charge in [-0.25, -0.2) is 8.78 Å². The molecule has 3 rings (SSSR count). The van der Waals surface area contributed by atoms with Gasteiger partial charge < -0.3 is 4.90 Å². The van der Waals surface area contributed by atoms with Crippen LogP contribution in [0.15, 0.2) is 24.5 Å². The molecule has 0 spiro atoms. The molecular formula is C14H10F2N4O. The van der Waals surface area contributed by atoms with Gasteiger partial charge in [-0.3, -0.25) is 9.48 Å². The summed E-state index contributed by atoms with van der Waals surface area (Å²) in [7, 11) is 1.72. The Balaban J connectivity index is 2.03. The van der Waals surface area contributed by atoms with Crippen LogP contribution in [-0.2, 0) is 13.6 Å². The van der Waals surface area contributed by atoms with Crippen molar-refractivity contribution in [3.63, 3.8) is 0 Å². The number of carbonyl (C=O) groups is 1. The number of hydrogen-bond acceptors (Lipinski definition) is 3. The Kier molecular flexibility index (Phi) is 2.94. The maximum absolute atomic E-state index is 13.9. The lowest BCUT2D eigenvalue weighted by molar-refractivity contribution is 0.0743. The second-order valence-corrected chi connectivity index (χ2v) is 4.84. The molecule has 21 heavy (non-hydrogen) atoms. The lowest BCUT2D eigenvalue weighted by Crippen LogP contribution is -2.26. The molecule has 106 valence electrons. The molecule has 5 nitrogen and oxygen atoms in total. The Morgan fingerprint density at radius 3 is 2.81 bits per heavy atom. The zero-order chi connectivity index (χ0) is 15.1. The number of rotatable bonds is 2. The minimum Gasteiger partial charge on any atom is -0.314 e. The van der Waals surface area contributed by atoms with Crippen LogP contribution in [0.1, 0.15) is 27.5 Å². The smallest absolute Gasteiger partial charge is 0.256 e.